The molecule has 9 heteroatoms. The van der Waals surface area contributed by atoms with Crippen molar-refractivity contribution in [1.29, 1.82) is 0 Å². The van der Waals surface area contributed by atoms with Crippen molar-refractivity contribution >= 4 is 17.5 Å². The van der Waals surface area contributed by atoms with Gasteiger partial charge in [0.2, 0.25) is 5.91 Å². The molecule has 2 amide bonds. The number of hydrogen-bond acceptors (Lipinski definition) is 4. The van der Waals surface area contributed by atoms with Crippen LogP contribution in [0.2, 0.25) is 0 Å². The number of carbonyl (C=O) groups is 2. The second kappa shape index (κ2) is 7.94. The van der Waals surface area contributed by atoms with Crippen LogP contribution in [0.25, 0.3) is 16.9 Å². The number of imidazole rings is 1. The third-order valence-electron chi connectivity index (χ3n) is 5.72. The van der Waals surface area contributed by atoms with Crippen molar-refractivity contribution in [1.82, 2.24) is 19.5 Å². The number of nitrogens with one attached hydrogen (secondary N) is 1. The van der Waals surface area contributed by atoms with Crippen molar-refractivity contribution in [3.8, 4) is 22.8 Å². The molecule has 166 valence electrons. The third-order valence-corrected chi connectivity index (χ3v) is 5.72. The van der Waals surface area contributed by atoms with E-state index in [0.29, 0.717) is 35.9 Å². The van der Waals surface area contributed by atoms with E-state index < -0.39 is 5.91 Å². The Morgan fingerprint density at radius 1 is 1.12 bits per heavy atom. The Bertz CT molecular complexity index is 1370. The van der Waals surface area contributed by atoms with E-state index in [2.05, 4.69) is 16.7 Å². The number of aromatic amines is 1. The highest BCUT2D eigenvalue weighted by molar-refractivity contribution is 5.98. The summed E-state index contributed by atoms with van der Waals surface area (Å²) in [5.41, 5.74) is 8.76. The maximum absolute atomic E-state index is 13.1. The number of hydrogen-bond donors (Lipinski definition) is 2. The predicted octanol–water partition coefficient (Wildman–Crippen LogP) is 3.47. The smallest absolute Gasteiger partial charge is 0.269 e. The summed E-state index contributed by atoms with van der Waals surface area (Å²) in [4.78, 5) is 29.0. The number of nitrogens with zero attached hydrogens (tertiary/aromatic N) is 3. The number of rotatable bonds is 6. The molecule has 1 aliphatic heterocycles. The largest absolute Gasteiger partial charge is 0.457 e. The number of nitrogens with two attached hydrogens (primary N) is 1. The van der Waals surface area contributed by atoms with Gasteiger partial charge in [-0.25, -0.2) is 8.91 Å². The molecule has 0 unspecified atom stereocenters. The first-order valence-electron chi connectivity index (χ1n) is 10.3. The Labute approximate surface area is 188 Å². The quantitative estimate of drug-likeness (QED) is 0.443. The number of primary amides is 1. The van der Waals surface area contributed by atoms with E-state index >= 15 is 0 Å². The molecule has 2 aromatic carbocycles. The van der Waals surface area contributed by atoms with Gasteiger partial charge in [-0.2, -0.15) is 5.10 Å². The fourth-order valence-corrected chi connectivity index (χ4v) is 3.99. The minimum absolute atomic E-state index is 0.102. The molecule has 1 saturated heterocycles. The summed E-state index contributed by atoms with van der Waals surface area (Å²) < 4.78 is 20.3. The Morgan fingerprint density at radius 2 is 1.76 bits per heavy atom. The highest BCUT2D eigenvalue weighted by atomic mass is 19.1. The van der Waals surface area contributed by atoms with Crippen LogP contribution in [0.3, 0.4) is 0 Å². The summed E-state index contributed by atoms with van der Waals surface area (Å²) >= 11 is 0. The second-order valence-electron chi connectivity index (χ2n) is 7.80. The Morgan fingerprint density at radius 3 is 2.36 bits per heavy atom. The van der Waals surface area contributed by atoms with Gasteiger partial charge in [-0.15, -0.1) is 0 Å². The van der Waals surface area contributed by atoms with Crippen molar-refractivity contribution in [3.63, 3.8) is 0 Å². The maximum atomic E-state index is 13.1. The van der Waals surface area contributed by atoms with E-state index in [0.717, 1.165) is 11.1 Å². The van der Waals surface area contributed by atoms with E-state index in [1.165, 1.54) is 22.7 Å². The zero-order chi connectivity index (χ0) is 23.1. The van der Waals surface area contributed by atoms with Gasteiger partial charge in [-0.05, 0) is 54.6 Å². The summed E-state index contributed by atoms with van der Waals surface area (Å²) in [5.74, 6) is 0.107. The predicted molar refractivity (Wildman–Crippen MR) is 119 cm³/mol. The Hall–Kier alpha value is -4.40. The normalized spacial score (nSPS) is 13.7. The molecule has 1 fully saturated rings. The first kappa shape index (κ1) is 20.5. The summed E-state index contributed by atoms with van der Waals surface area (Å²) in [5, 5.41) is 4.37. The topological polar surface area (TPSA) is 106 Å². The van der Waals surface area contributed by atoms with Gasteiger partial charge in [0, 0.05) is 30.1 Å². The SMILES string of the molecule is C=CC(=O)N1CC(c2cnn3c(C(N)=O)c(-c4ccc(Oc5ccc(F)cc5)cc4)[nH]c23)C1. The zero-order valence-corrected chi connectivity index (χ0v) is 17.5. The van der Waals surface area contributed by atoms with Gasteiger partial charge in [-0.3, -0.25) is 9.59 Å². The number of amides is 2. The van der Waals surface area contributed by atoms with Crippen molar-refractivity contribution in [3.05, 3.63) is 84.5 Å². The molecule has 0 bridgehead atoms. The second-order valence-corrected chi connectivity index (χ2v) is 7.80. The first-order valence-corrected chi connectivity index (χ1v) is 10.3. The van der Waals surface area contributed by atoms with Crippen LogP contribution in [0.4, 0.5) is 4.39 Å². The average Bonchev–Trinajstić information content (AvgIpc) is 3.34. The van der Waals surface area contributed by atoms with Crippen molar-refractivity contribution in [2.75, 3.05) is 13.1 Å². The van der Waals surface area contributed by atoms with Crippen LogP contribution in [-0.4, -0.2) is 44.4 Å². The molecule has 33 heavy (non-hydrogen) atoms. The van der Waals surface area contributed by atoms with E-state index in [-0.39, 0.29) is 23.3 Å². The summed E-state index contributed by atoms with van der Waals surface area (Å²) in [6.45, 7) is 4.63. The van der Waals surface area contributed by atoms with Crippen LogP contribution in [0, 0.1) is 5.82 Å². The molecule has 0 atom stereocenters. The minimum atomic E-state index is -0.616. The fraction of sp³-hybridized carbons (Fsp3) is 0.125. The number of carbonyl (C=O) groups excluding carboxylic acids is 2. The van der Waals surface area contributed by atoms with Gasteiger partial charge in [0.1, 0.15) is 23.0 Å². The van der Waals surface area contributed by atoms with Crippen molar-refractivity contribution in [2.45, 2.75) is 5.92 Å². The zero-order valence-electron chi connectivity index (χ0n) is 17.5. The molecule has 1 aliphatic rings. The van der Waals surface area contributed by atoms with Crippen molar-refractivity contribution in [2.24, 2.45) is 5.73 Å². The van der Waals surface area contributed by atoms with E-state index in [1.807, 2.05) is 0 Å². The number of benzene rings is 2. The third kappa shape index (κ3) is 3.63. The van der Waals surface area contributed by atoms with Crippen LogP contribution in [0.1, 0.15) is 22.0 Å². The maximum Gasteiger partial charge on any atom is 0.269 e. The van der Waals surface area contributed by atoms with Crippen LogP contribution in [0.5, 0.6) is 11.5 Å². The Kier molecular flexibility index (Phi) is 4.93. The van der Waals surface area contributed by atoms with E-state index in [4.69, 9.17) is 10.5 Å². The lowest BCUT2D eigenvalue weighted by molar-refractivity contribution is -0.130. The number of H-pyrrole nitrogens is 1. The molecule has 2 aromatic heterocycles. The number of likely N-dealkylation sites (tertiary alicyclic amines) is 1. The molecule has 3 heterocycles. The molecule has 5 rings (SSSR count). The lowest BCUT2D eigenvalue weighted by Gasteiger charge is -2.38. The lowest BCUT2D eigenvalue weighted by atomic mass is 9.93. The fourth-order valence-electron chi connectivity index (χ4n) is 3.99. The van der Waals surface area contributed by atoms with Crippen molar-refractivity contribution < 1.29 is 18.7 Å². The summed E-state index contributed by atoms with van der Waals surface area (Å²) in [7, 11) is 0. The molecule has 0 spiro atoms. The van der Waals surface area contributed by atoms with Gasteiger partial charge in [0.25, 0.3) is 5.91 Å². The molecule has 0 radical (unpaired) electrons. The number of halogens is 1. The molecule has 3 N–H and O–H groups in total. The first-order chi connectivity index (χ1) is 15.9. The highest BCUT2D eigenvalue weighted by Gasteiger charge is 2.34. The molecule has 4 aromatic rings. The molecular weight excluding hydrogens is 425 g/mol. The highest BCUT2D eigenvalue weighted by Crippen LogP contribution is 2.33. The van der Waals surface area contributed by atoms with Gasteiger partial charge < -0.3 is 20.4 Å². The van der Waals surface area contributed by atoms with Crippen LogP contribution in [-0.2, 0) is 4.79 Å². The number of ether oxygens (including phenoxy) is 1. The number of fused-ring (bicyclic) bond motifs is 1. The average molecular weight is 445 g/mol. The molecule has 0 aliphatic carbocycles. The monoisotopic (exact) mass is 445 g/mol. The Balaban J connectivity index is 1.44. The van der Waals surface area contributed by atoms with E-state index in [9.17, 15) is 14.0 Å². The van der Waals surface area contributed by atoms with Crippen LogP contribution < -0.4 is 10.5 Å². The van der Waals surface area contributed by atoms with E-state index in [1.54, 1.807) is 47.5 Å². The molecular formula is C24H20FN5O3. The summed E-state index contributed by atoms with van der Waals surface area (Å²) in [6.07, 6.45) is 2.99. The standard InChI is InChI=1S/C24H20FN5O3/c1-2-20(31)29-12-15(13-29)19-11-27-30-22(23(26)32)21(28-24(19)30)14-3-7-17(8-4-14)33-18-9-5-16(25)6-10-18/h2-11,15,28H,1,12-13H2,(H2,26,32). The molecule has 0 saturated carbocycles. The summed E-state index contributed by atoms with van der Waals surface area (Å²) in [6, 6.07) is 12.8. The van der Waals surface area contributed by atoms with Crippen LogP contribution >= 0.6 is 0 Å². The minimum Gasteiger partial charge on any atom is -0.457 e. The van der Waals surface area contributed by atoms with Gasteiger partial charge in [-0.1, -0.05) is 6.58 Å². The van der Waals surface area contributed by atoms with Gasteiger partial charge >= 0.3 is 0 Å². The van der Waals surface area contributed by atoms with Crippen LogP contribution in [0.15, 0.2) is 67.4 Å². The number of aromatic nitrogens is 3. The lowest BCUT2D eigenvalue weighted by Crippen LogP contribution is -2.47. The van der Waals surface area contributed by atoms with Gasteiger partial charge in [0.15, 0.2) is 5.69 Å². The molecule has 8 nitrogen and oxygen atoms in total. The van der Waals surface area contributed by atoms with Gasteiger partial charge in [0.05, 0.1) is 11.9 Å².